The third-order valence-corrected chi connectivity index (χ3v) is 4.14. The lowest BCUT2D eigenvalue weighted by Gasteiger charge is -2.36. The monoisotopic (exact) mass is 254 g/mol. The summed E-state index contributed by atoms with van der Waals surface area (Å²) in [4.78, 5) is 25.3. The van der Waals surface area contributed by atoms with E-state index in [4.69, 9.17) is 5.73 Å². The molecule has 0 radical (unpaired) electrons. The van der Waals surface area contributed by atoms with Gasteiger partial charge in [0.1, 0.15) is 6.04 Å². The number of carbonyl (C=O) groups excluding carboxylic acids is 1. The second kappa shape index (κ2) is 4.46. The minimum atomic E-state index is -0.933. The lowest BCUT2D eigenvalue weighted by molar-refractivity contribution is -0.146. The molecule has 1 aliphatic rings. The first-order chi connectivity index (χ1) is 8.02. The number of hydrogen-bond donors (Lipinski definition) is 2. The average molecular weight is 254 g/mol. The fraction of sp³-hybridized carbons (Fsp3) is 0.455. The lowest BCUT2D eigenvalue weighted by atomic mass is 9.98. The van der Waals surface area contributed by atoms with Gasteiger partial charge in [-0.25, -0.2) is 0 Å². The second-order valence-corrected chi connectivity index (χ2v) is 5.11. The Hall–Kier alpha value is -1.40. The number of carboxylic acids is 1. The number of hydrogen-bond acceptors (Lipinski definition) is 4. The van der Waals surface area contributed by atoms with Crippen LogP contribution in [0.25, 0.3) is 0 Å². The maximum atomic E-state index is 11.4. The Morgan fingerprint density at radius 1 is 1.65 bits per heavy atom. The smallest absolute Gasteiger partial charge is 0.325 e. The van der Waals surface area contributed by atoms with E-state index in [9.17, 15) is 14.7 Å². The highest BCUT2D eigenvalue weighted by Crippen LogP contribution is 2.34. The highest BCUT2D eigenvalue weighted by Gasteiger charge is 2.37. The van der Waals surface area contributed by atoms with E-state index in [-0.39, 0.29) is 0 Å². The van der Waals surface area contributed by atoms with Gasteiger partial charge in [0.25, 0.3) is 0 Å². The molecule has 17 heavy (non-hydrogen) atoms. The molecule has 2 unspecified atom stereocenters. The number of fused-ring (bicyclic) bond motifs is 1. The molecule has 0 bridgehead atoms. The molecule has 1 amide bonds. The summed E-state index contributed by atoms with van der Waals surface area (Å²) in [6.07, 6.45) is 0.772. The van der Waals surface area contributed by atoms with Crippen LogP contribution in [0.5, 0.6) is 0 Å². The summed E-state index contributed by atoms with van der Waals surface area (Å²) in [5, 5.41) is 11.2. The van der Waals surface area contributed by atoms with Crippen LogP contribution < -0.4 is 5.73 Å². The zero-order valence-electron chi connectivity index (χ0n) is 9.42. The predicted molar refractivity (Wildman–Crippen MR) is 63.8 cm³/mol. The van der Waals surface area contributed by atoms with E-state index in [2.05, 4.69) is 0 Å². The van der Waals surface area contributed by atoms with Crippen molar-refractivity contribution in [2.24, 2.45) is 5.73 Å². The Kier molecular flexibility index (Phi) is 3.17. The van der Waals surface area contributed by atoms with Crippen LogP contribution in [0.2, 0.25) is 0 Å². The Labute approximate surface area is 103 Å². The van der Waals surface area contributed by atoms with Gasteiger partial charge in [-0.15, -0.1) is 11.3 Å². The topological polar surface area (TPSA) is 83.6 Å². The summed E-state index contributed by atoms with van der Waals surface area (Å²) in [6, 6.07) is 0.496. The molecule has 1 aromatic rings. The number of carbonyl (C=O) groups is 2. The van der Waals surface area contributed by atoms with E-state index in [1.54, 1.807) is 23.2 Å². The number of primary amides is 1. The molecular formula is C11H14N2O3S. The van der Waals surface area contributed by atoms with E-state index in [0.717, 1.165) is 16.9 Å². The van der Waals surface area contributed by atoms with Crippen LogP contribution in [-0.2, 0) is 16.0 Å². The van der Waals surface area contributed by atoms with Gasteiger partial charge in [-0.2, -0.15) is 0 Å². The average Bonchev–Trinajstić information content (AvgIpc) is 2.73. The first-order valence-corrected chi connectivity index (χ1v) is 6.24. The van der Waals surface area contributed by atoms with Gasteiger partial charge < -0.3 is 10.8 Å². The summed E-state index contributed by atoms with van der Waals surface area (Å²) >= 11 is 1.56. The van der Waals surface area contributed by atoms with Crippen LogP contribution in [0.15, 0.2) is 11.4 Å². The van der Waals surface area contributed by atoms with E-state index < -0.39 is 24.0 Å². The van der Waals surface area contributed by atoms with E-state index in [1.165, 1.54) is 0 Å². The molecule has 92 valence electrons. The highest BCUT2D eigenvalue weighted by molar-refractivity contribution is 7.10. The van der Waals surface area contributed by atoms with Crippen molar-refractivity contribution in [3.8, 4) is 0 Å². The van der Waals surface area contributed by atoms with Gasteiger partial charge in [0.05, 0.1) is 6.04 Å². The number of carboxylic acid groups (broad SMARTS) is 1. The number of amides is 1. The van der Waals surface area contributed by atoms with Gasteiger partial charge in [0.15, 0.2) is 0 Å². The minimum Gasteiger partial charge on any atom is -0.480 e. The van der Waals surface area contributed by atoms with Crippen LogP contribution in [0.4, 0.5) is 0 Å². The van der Waals surface area contributed by atoms with Crippen LogP contribution in [0, 0.1) is 0 Å². The molecule has 2 atom stereocenters. The van der Waals surface area contributed by atoms with Crippen LogP contribution in [0.3, 0.4) is 0 Å². The number of rotatable bonds is 3. The summed E-state index contributed by atoms with van der Waals surface area (Å²) in [7, 11) is 0. The van der Waals surface area contributed by atoms with Crippen molar-refractivity contribution in [1.82, 2.24) is 4.90 Å². The predicted octanol–water partition coefficient (Wildman–Crippen LogP) is 0.606. The molecule has 6 heteroatoms. The van der Waals surface area contributed by atoms with Crippen molar-refractivity contribution in [2.45, 2.75) is 25.4 Å². The van der Waals surface area contributed by atoms with Crippen LogP contribution in [-0.4, -0.2) is 34.5 Å². The molecule has 2 rings (SSSR count). The van der Waals surface area contributed by atoms with Crippen molar-refractivity contribution < 1.29 is 14.7 Å². The SMILES string of the molecule is CC(C(N)=O)N1CCc2sccc2C1C(=O)O. The van der Waals surface area contributed by atoms with E-state index >= 15 is 0 Å². The molecule has 0 spiro atoms. The van der Waals surface area contributed by atoms with Gasteiger partial charge in [-0.05, 0) is 30.4 Å². The van der Waals surface area contributed by atoms with Gasteiger partial charge in [-0.1, -0.05) is 0 Å². The molecule has 3 N–H and O–H groups in total. The minimum absolute atomic E-state index is 0.491. The fourth-order valence-electron chi connectivity index (χ4n) is 2.19. The van der Waals surface area contributed by atoms with Crippen molar-refractivity contribution in [1.29, 1.82) is 0 Å². The molecule has 0 fully saturated rings. The summed E-state index contributed by atoms with van der Waals surface area (Å²) in [6.45, 7) is 2.20. The summed E-state index contributed by atoms with van der Waals surface area (Å²) < 4.78 is 0. The summed E-state index contributed by atoms with van der Waals surface area (Å²) in [5.74, 6) is -1.42. The lowest BCUT2D eigenvalue weighted by Crippen LogP contribution is -2.49. The zero-order chi connectivity index (χ0) is 12.6. The largest absolute Gasteiger partial charge is 0.480 e. The molecule has 5 nitrogen and oxygen atoms in total. The Morgan fingerprint density at radius 2 is 2.35 bits per heavy atom. The Bertz CT molecular complexity index is 457. The van der Waals surface area contributed by atoms with Crippen LogP contribution in [0.1, 0.15) is 23.4 Å². The quantitative estimate of drug-likeness (QED) is 0.827. The number of aliphatic carboxylic acids is 1. The van der Waals surface area contributed by atoms with Gasteiger partial charge >= 0.3 is 5.97 Å². The Morgan fingerprint density at radius 3 is 2.94 bits per heavy atom. The van der Waals surface area contributed by atoms with Gasteiger partial charge in [-0.3, -0.25) is 14.5 Å². The Balaban J connectivity index is 2.37. The van der Waals surface area contributed by atoms with Gasteiger partial charge in [0.2, 0.25) is 5.91 Å². The molecule has 1 aliphatic heterocycles. The van der Waals surface area contributed by atoms with Crippen molar-refractivity contribution in [3.05, 3.63) is 21.9 Å². The van der Waals surface area contributed by atoms with E-state index in [1.807, 2.05) is 11.4 Å². The van der Waals surface area contributed by atoms with Crippen molar-refractivity contribution >= 4 is 23.2 Å². The fourth-order valence-corrected chi connectivity index (χ4v) is 3.10. The van der Waals surface area contributed by atoms with Gasteiger partial charge in [0, 0.05) is 11.4 Å². The molecular weight excluding hydrogens is 240 g/mol. The van der Waals surface area contributed by atoms with E-state index in [0.29, 0.717) is 6.54 Å². The second-order valence-electron chi connectivity index (χ2n) is 4.11. The molecule has 2 heterocycles. The molecule has 1 aromatic heterocycles. The number of thiophene rings is 1. The standard InChI is InChI=1S/C11H14N2O3S/c1-6(10(12)14)13-4-2-8-7(3-5-17-8)9(13)11(15)16/h3,5-6,9H,2,4H2,1H3,(H2,12,14)(H,15,16). The third-order valence-electron chi connectivity index (χ3n) is 3.15. The highest BCUT2D eigenvalue weighted by atomic mass is 32.1. The zero-order valence-corrected chi connectivity index (χ0v) is 10.2. The number of nitrogens with zero attached hydrogens (tertiary/aromatic N) is 1. The van der Waals surface area contributed by atoms with Crippen molar-refractivity contribution in [3.63, 3.8) is 0 Å². The molecule has 0 saturated heterocycles. The maximum absolute atomic E-state index is 11.4. The molecule has 0 aromatic carbocycles. The summed E-state index contributed by atoms with van der Waals surface area (Å²) in [5.41, 5.74) is 6.05. The van der Waals surface area contributed by atoms with Crippen LogP contribution >= 0.6 is 11.3 Å². The molecule has 0 aliphatic carbocycles. The third kappa shape index (κ3) is 2.05. The van der Waals surface area contributed by atoms with Crippen molar-refractivity contribution in [2.75, 3.05) is 6.54 Å². The normalized spacial score (nSPS) is 21.8. The molecule has 0 saturated carbocycles. The first-order valence-electron chi connectivity index (χ1n) is 5.36. The first kappa shape index (κ1) is 12.1. The number of nitrogens with two attached hydrogens (primary N) is 1. The maximum Gasteiger partial charge on any atom is 0.325 e.